The van der Waals surface area contributed by atoms with Gasteiger partial charge < -0.3 is 0 Å². The Kier molecular flexibility index (Phi) is 2.32. The van der Waals surface area contributed by atoms with E-state index >= 15 is 0 Å². The van der Waals surface area contributed by atoms with E-state index in [1.54, 1.807) is 0 Å². The van der Waals surface area contributed by atoms with Crippen molar-refractivity contribution in [2.75, 3.05) is 13.1 Å². The van der Waals surface area contributed by atoms with Crippen molar-refractivity contribution in [2.24, 2.45) is 5.41 Å². The average Bonchev–Trinajstić information content (AvgIpc) is 2.13. The molecular weight excluding hydrogens is 241 g/mol. The van der Waals surface area contributed by atoms with Crippen molar-refractivity contribution in [1.82, 2.24) is 4.31 Å². The molecule has 0 unspecified atom stereocenters. The molecule has 3 rings (SSSR count). The van der Waals surface area contributed by atoms with Crippen LogP contribution in [-0.4, -0.2) is 25.8 Å². The van der Waals surface area contributed by atoms with E-state index in [1.807, 2.05) is 0 Å². The summed E-state index contributed by atoms with van der Waals surface area (Å²) >= 11 is 0. The van der Waals surface area contributed by atoms with Crippen LogP contribution in [0.1, 0.15) is 19.3 Å². The topological polar surface area (TPSA) is 37.4 Å². The molecule has 0 radical (unpaired) electrons. The first-order valence-corrected chi connectivity index (χ1v) is 7.22. The van der Waals surface area contributed by atoms with E-state index in [-0.39, 0.29) is 10.3 Å². The van der Waals surface area contributed by atoms with E-state index < -0.39 is 15.8 Å². The van der Waals surface area contributed by atoms with E-state index in [4.69, 9.17) is 0 Å². The summed E-state index contributed by atoms with van der Waals surface area (Å²) < 4.78 is 38.6. The first kappa shape index (κ1) is 11.2. The lowest BCUT2D eigenvalue weighted by molar-refractivity contribution is -0.00794. The summed E-state index contributed by atoms with van der Waals surface area (Å²) in [5, 5.41) is 0. The number of halogens is 1. The van der Waals surface area contributed by atoms with E-state index in [0.717, 1.165) is 12.8 Å². The lowest BCUT2D eigenvalue weighted by atomic mass is 9.65. The molecule has 0 N–H and O–H groups in total. The van der Waals surface area contributed by atoms with Gasteiger partial charge in [-0.15, -0.1) is 0 Å². The van der Waals surface area contributed by atoms with Crippen LogP contribution in [0.15, 0.2) is 29.2 Å². The molecule has 1 aliphatic heterocycles. The number of hydrogen-bond acceptors (Lipinski definition) is 2. The van der Waals surface area contributed by atoms with Gasteiger partial charge in [0.25, 0.3) is 0 Å². The van der Waals surface area contributed by atoms with Gasteiger partial charge in [-0.3, -0.25) is 0 Å². The molecule has 1 saturated carbocycles. The first-order valence-electron chi connectivity index (χ1n) is 5.78. The summed E-state index contributed by atoms with van der Waals surface area (Å²) in [6, 6.07) is 5.03. The maximum absolute atomic E-state index is 12.8. The van der Waals surface area contributed by atoms with E-state index in [2.05, 4.69) is 0 Å². The highest BCUT2D eigenvalue weighted by Crippen LogP contribution is 2.49. The lowest BCUT2D eigenvalue weighted by Crippen LogP contribution is -2.61. The average molecular weight is 255 g/mol. The van der Waals surface area contributed by atoms with Gasteiger partial charge in [0.05, 0.1) is 4.90 Å². The minimum absolute atomic E-state index is 0.188. The van der Waals surface area contributed by atoms with E-state index in [1.165, 1.54) is 35.0 Å². The molecule has 1 heterocycles. The standard InChI is InChI=1S/C12H14FNO2S/c13-10-2-4-11(5-3-10)17(15,16)14-8-12(9-14)6-1-7-12/h2-5H,1,6-9H2. The first-order chi connectivity index (χ1) is 8.02. The van der Waals surface area contributed by atoms with Crippen LogP contribution in [0.2, 0.25) is 0 Å². The Labute approximate surface area is 100 Å². The summed E-state index contributed by atoms with van der Waals surface area (Å²) in [7, 11) is -3.40. The van der Waals surface area contributed by atoms with Gasteiger partial charge in [0.1, 0.15) is 5.82 Å². The highest BCUT2D eigenvalue weighted by Gasteiger charge is 2.51. The summed E-state index contributed by atoms with van der Waals surface area (Å²) in [5.41, 5.74) is 0.271. The predicted molar refractivity (Wildman–Crippen MR) is 61.4 cm³/mol. The molecule has 1 aliphatic carbocycles. The van der Waals surface area contributed by atoms with Crippen LogP contribution < -0.4 is 0 Å². The molecule has 2 aliphatic rings. The summed E-state index contributed by atoms with van der Waals surface area (Å²) in [5.74, 6) is -0.414. The molecule has 2 fully saturated rings. The largest absolute Gasteiger partial charge is 0.243 e. The normalized spacial score (nSPS) is 23.1. The SMILES string of the molecule is O=S(=O)(c1ccc(F)cc1)N1CC2(CCC2)C1. The Morgan fingerprint density at radius 1 is 1.12 bits per heavy atom. The Hall–Kier alpha value is -0.940. The van der Waals surface area contributed by atoms with Crippen LogP contribution in [0.3, 0.4) is 0 Å². The third-order valence-corrected chi connectivity index (χ3v) is 5.70. The van der Waals surface area contributed by atoms with Crippen molar-refractivity contribution >= 4 is 10.0 Å². The lowest BCUT2D eigenvalue weighted by Gasteiger charge is -2.54. The number of rotatable bonds is 2. The molecule has 0 atom stereocenters. The second-order valence-corrected chi connectivity index (χ2v) is 7.02. The fourth-order valence-corrected chi connectivity index (χ4v) is 4.29. The molecule has 1 aromatic carbocycles. The van der Waals surface area contributed by atoms with Gasteiger partial charge in [0, 0.05) is 13.1 Å². The van der Waals surface area contributed by atoms with Crippen LogP contribution in [-0.2, 0) is 10.0 Å². The van der Waals surface area contributed by atoms with Crippen LogP contribution in [0.25, 0.3) is 0 Å². The number of benzene rings is 1. The number of nitrogens with zero attached hydrogens (tertiary/aromatic N) is 1. The maximum Gasteiger partial charge on any atom is 0.243 e. The fraction of sp³-hybridized carbons (Fsp3) is 0.500. The van der Waals surface area contributed by atoms with Crippen molar-refractivity contribution in [3.05, 3.63) is 30.1 Å². The van der Waals surface area contributed by atoms with Gasteiger partial charge in [-0.2, -0.15) is 4.31 Å². The summed E-state index contributed by atoms with van der Waals surface area (Å²) in [4.78, 5) is 0.188. The van der Waals surface area contributed by atoms with E-state index in [0.29, 0.717) is 13.1 Å². The van der Waals surface area contributed by atoms with E-state index in [9.17, 15) is 12.8 Å². The second kappa shape index (κ2) is 3.53. The molecule has 1 aromatic rings. The van der Waals surface area contributed by atoms with Crippen LogP contribution in [0.5, 0.6) is 0 Å². The van der Waals surface area contributed by atoms with Gasteiger partial charge in [0.2, 0.25) is 10.0 Å². The minimum atomic E-state index is -3.40. The molecule has 92 valence electrons. The molecule has 3 nitrogen and oxygen atoms in total. The highest BCUT2D eigenvalue weighted by atomic mass is 32.2. The van der Waals surface area contributed by atoms with Crippen molar-refractivity contribution in [3.63, 3.8) is 0 Å². The Morgan fingerprint density at radius 3 is 2.18 bits per heavy atom. The quantitative estimate of drug-likeness (QED) is 0.810. The summed E-state index contributed by atoms with van der Waals surface area (Å²) in [6.07, 6.45) is 3.50. The van der Waals surface area contributed by atoms with Crippen LogP contribution in [0, 0.1) is 11.2 Å². The fourth-order valence-electron chi connectivity index (χ4n) is 2.62. The molecule has 1 saturated heterocycles. The van der Waals surface area contributed by atoms with Gasteiger partial charge in [-0.1, -0.05) is 6.42 Å². The zero-order valence-corrected chi connectivity index (χ0v) is 10.2. The van der Waals surface area contributed by atoms with Crippen molar-refractivity contribution in [2.45, 2.75) is 24.2 Å². The number of sulfonamides is 1. The van der Waals surface area contributed by atoms with Gasteiger partial charge in [-0.05, 0) is 42.5 Å². The van der Waals surface area contributed by atoms with Gasteiger partial charge >= 0.3 is 0 Å². The molecule has 0 aromatic heterocycles. The van der Waals surface area contributed by atoms with Crippen LogP contribution in [0.4, 0.5) is 4.39 Å². The van der Waals surface area contributed by atoms with Crippen molar-refractivity contribution in [1.29, 1.82) is 0 Å². The zero-order valence-electron chi connectivity index (χ0n) is 9.39. The summed E-state index contributed by atoms with van der Waals surface area (Å²) in [6.45, 7) is 1.26. The molecule has 0 bridgehead atoms. The Balaban J connectivity index is 1.80. The van der Waals surface area contributed by atoms with Crippen molar-refractivity contribution in [3.8, 4) is 0 Å². The zero-order chi connectivity index (χ0) is 12.1. The smallest absolute Gasteiger partial charge is 0.207 e. The molecular formula is C12H14FNO2S. The number of hydrogen-bond donors (Lipinski definition) is 0. The minimum Gasteiger partial charge on any atom is -0.207 e. The maximum atomic E-state index is 12.8. The molecule has 5 heteroatoms. The predicted octanol–water partition coefficient (Wildman–Crippen LogP) is 2.00. The van der Waals surface area contributed by atoms with Gasteiger partial charge in [-0.25, -0.2) is 12.8 Å². The Morgan fingerprint density at radius 2 is 1.71 bits per heavy atom. The van der Waals surface area contributed by atoms with Crippen molar-refractivity contribution < 1.29 is 12.8 Å². The monoisotopic (exact) mass is 255 g/mol. The van der Waals surface area contributed by atoms with Crippen LogP contribution >= 0.6 is 0 Å². The third-order valence-electron chi connectivity index (χ3n) is 3.89. The second-order valence-electron chi connectivity index (χ2n) is 5.08. The Bertz CT molecular complexity index is 526. The third kappa shape index (κ3) is 1.68. The molecule has 0 amide bonds. The van der Waals surface area contributed by atoms with Gasteiger partial charge in [0.15, 0.2) is 0 Å². The molecule has 17 heavy (non-hydrogen) atoms. The molecule has 1 spiro atoms. The highest BCUT2D eigenvalue weighted by molar-refractivity contribution is 7.89.